The maximum Gasteiger partial charge on any atom is 0.254 e. The van der Waals surface area contributed by atoms with Crippen molar-refractivity contribution in [3.05, 3.63) is 42.5 Å². The molecule has 0 saturated heterocycles. The van der Waals surface area contributed by atoms with E-state index in [0.717, 1.165) is 0 Å². The highest BCUT2D eigenvalue weighted by molar-refractivity contribution is 5.94. The van der Waals surface area contributed by atoms with Crippen LogP contribution in [0.1, 0.15) is 29.2 Å². The fraction of sp³-hybridized carbons (Fsp3) is 0.429. The van der Waals surface area contributed by atoms with E-state index in [0.29, 0.717) is 54.3 Å². The van der Waals surface area contributed by atoms with Crippen LogP contribution in [0.25, 0.3) is 11.2 Å². The molecule has 31 heavy (non-hydrogen) atoms. The number of nitrogens with one attached hydrogen (secondary N) is 1. The number of ether oxygens (including phenoxy) is 1. The average Bonchev–Trinajstić information content (AvgIpc) is 3.37. The molecule has 4 rings (SSSR count). The van der Waals surface area contributed by atoms with Crippen molar-refractivity contribution in [1.82, 2.24) is 29.7 Å². The molecule has 0 aliphatic heterocycles. The Hall–Kier alpha value is -3.24. The third-order valence-electron chi connectivity index (χ3n) is 5.81. The van der Waals surface area contributed by atoms with Gasteiger partial charge >= 0.3 is 0 Å². The molecule has 3 aromatic rings. The predicted octanol–water partition coefficient (Wildman–Crippen LogP) is 0.843. The van der Waals surface area contributed by atoms with E-state index in [1.165, 1.54) is 6.33 Å². The molecule has 0 unspecified atom stereocenters. The number of likely N-dealkylation sites (N-methyl/N-ethyl adjacent to an activating group) is 2. The first kappa shape index (κ1) is 21.0. The standard InChI is InChI=1S/C21H27N7O3/c1-23-8-9-31-14-5-3-4-13(10-14)21(30)27(2)15-6-7-16(18(15)29)28-12-26-17-19(22)24-11-25-20(17)28/h3-5,10-12,15-16,18,23,29H,6-9H2,1-2H3,(H2,22,24,25)/t15-,16+,18+/m1/s1. The quantitative estimate of drug-likeness (QED) is 0.475. The first-order valence-electron chi connectivity index (χ1n) is 10.3. The first-order chi connectivity index (χ1) is 15.0. The van der Waals surface area contributed by atoms with Crippen LogP contribution < -0.4 is 15.8 Å². The van der Waals surface area contributed by atoms with Crippen LogP contribution in [0.15, 0.2) is 36.9 Å². The summed E-state index contributed by atoms with van der Waals surface area (Å²) in [7, 11) is 3.58. The summed E-state index contributed by atoms with van der Waals surface area (Å²) in [6.45, 7) is 1.23. The molecule has 1 amide bonds. The van der Waals surface area contributed by atoms with Gasteiger partial charge in [-0.3, -0.25) is 4.79 Å². The molecule has 1 saturated carbocycles. The van der Waals surface area contributed by atoms with Crippen LogP contribution in [0, 0.1) is 0 Å². The highest BCUT2D eigenvalue weighted by atomic mass is 16.5. The van der Waals surface area contributed by atoms with Gasteiger partial charge in [-0.25, -0.2) is 15.0 Å². The molecule has 1 aromatic carbocycles. The van der Waals surface area contributed by atoms with E-state index in [1.54, 1.807) is 36.5 Å². The number of nitrogens with two attached hydrogens (primary N) is 1. The van der Waals surface area contributed by atoms with Crippen LogP contribution in [-0.2, 0) is 0 Å². The third kappa shape index (κ3) is 4.04. The molecule has 0 bridgehead atoms. The lowest BCUT2D eigenvalue weighted by Crippen LogP contribution is -2.43. The van der Waals surface area contributed by atoms with Crippen molar-refractivity contribution in [2.75, 3.05) is 33.0 Å². The Morgan fingerprint density at radius 3 is 3.00 bits per heavy atom. The lowest BCUT2D eigenvalue weighted by molar-refractivity contribution is 0.0446. The van der Waals surface area contributed by atoms with Crippen molar-refractivity contribution in [3.63, 3.8) is 0 Å². The zero-order valence-electron chi connectivity index (χ0n) is 17.6. The van der Waals surface area contributed by atoms with Gasteiger partial charge in [0.25, 0.3) is 5.91 Å². The third-order valence-corrected chi connectivity index (χ3v) is 5.81. The van der Waals surface area contributed by atoms with Gasteiger partial charge in [-0.2, -0.15) is 0 Å². The molecule has 0 radical (unpaired) electrons. The fourth-order valence-electron chi connectivity index (χ4n) is 4.12. The van der Waals surface area contributed by atoms with Crippen LogP contribution in [0.4, 0.5) is 5.82 Å². The Balaban J connectivity index is 1.49. The summed E-state index contributed by atoms with van der Waals surface area (Å²) in [5.74, 6) is 0.782. The largest absolute Gasteiger partial charge is 0.492 e. The van der Waals surface area contributed by atoms with Gasteiger partial charge in [0.1, 0.15) is 24.2 Å². The number of aromatic nitrogens is 4. The summed E-state index contributed by atoms with van der Waals surface area (Å²) in [6, 6.07) is 6.52. The molecule has 10 heteroatoms. The van der Waals surface area contributed by atoms with Crippen molar-refractivity contribution in [2.24, 2.45) is 0 Å². The minimum Gasteiger partial charge on any atom is -0.492 e. The van der Waals surface area contributed by atoms with Crippen molar-refractivity contribution >= 4 is 22.9 Å². The second kappa shape index (κ2) is 8.86. The van der Waals surface area contributed by atoms with E-state index >= 15 is 0 Å². The number of benzene rings is 1. The molecule has 1 fully saturated rings. The Bertz CT molecular complexity index is 1070. The molecule has 1 aliphatic rings. The number of aliphatic hydroxyl groups excluding tert-OH is 1. The number of imidazole rings is 1. The number of hydrogen-bond acceptors (Lipinski definition) is 8. The highest BCUT2D eigenvalue weighted by Crippen LogP contribution is 2.35. The molecular formula is C21H27N7O3. The van der Waals surface area contributed by atoms with E-state index in [2.05, 4.69) is 20.3 Å². The molecule has 2 aromatic heterocycles. The van der Waals surface area contributed by atoms with E-state index in [9.17, 15) is 9.90 Å². The molecule has 0 spiro atoms. The van der Waals surface area contributed by atoms with E-state index in [4.69, 9.17) is 10.5 Å². The molecule has 1 aliphatic carbocycles. The topological polar surface area (TPSA) is 131 Å². The lowest BCUT2D eigenvalue weighted by Gasteiger charge is -2.29. The normalized spacial score (nSPS) is 20.8. The highest BCUT2D eigenvalue weighted by Gasteiger charge is 2.40. The maximum absolute atomic E-state index is 13.1. The summed E-state index contributed by atoms with van der Waals surface area (Å²) in [5.41, 5.74) is 7.49. The molecule has 2 heterocycles. The summed E-state index contributed by atoms with van der Waals surface area (Å²) in [5, 5.41) is 14.1. The zero-order chi connectivity index (χ0) is 22.0. The number of carbonyl (C=O) groups is 1. The Morgan fingerprint density at radius 2 is 2.19 bits per heavy atom. The van der Waals surface area contributed by atoms with Gasteiger partial charge in [0.2, 0.25) is 0 Å². The van der Waals surface area contributed by atoms with Gasteiger partial charge in [0, 0.05) is 19.2 Å². The number of rotatable bonds is 7. The molecule has 164 valence electrons. The number of anilines is 1. The van der Waals surface area contributed by atoms with Crippen LogP contribution in [0.3, 0.4) is 0 Å². The number of aliphatic hydroxyl groups is 1. The summed E-state index contributed by atoms with van der Waals surface area (Å²) < 4.78 is 7.49. The van der Waals surface area contributed by atoms with Crippen LogP contribution in [-0.4, -0.2) is 74.8 Å². The number of nitrogen functional groups attached to an aromatic ring is 1. The lowest BCUT2D eigenvalue weighted by atomic mass is 10.1. The molecule has 3 atom stereocenters. The Kier molecular flexibility index (Phi) is 6.01. The van der Waals surface area contributed by atoms with Gasteiger partial charge in [0.15, 0.2) is 11.5 Å². The zero-order valence-corrected chi connectivity index (χ0v) is 17.6. The molecule has 4 N–H and O–H groups in total. The monoisotopic (exact) mass is 425 g/mol. The van der Waals surface area contributed by atoms with Crippen molar-refractivity contribution in [1.29, 1.82) is 0 Å². The van der Waals surface area contributed by atoms with Crippen LogP contribution >= 0.6 is 0 Å². The first-order valence-corrected chi connectivity index (χ1v) is 10.3. The number of carbonyl (C=O) groups excluding carboxylic acids is 1. The van der Waals surface area contributed by atoms with Crippen LogP contribution in [0.5, 0.6) is 5.75 Å². The second-order valence-electron chi connectivity index (χ2n) is 7.68. The van der Waals surface area contributed by atoms with E-state index < -0.39 is 6.10 Å². The minimum atomic E-state index is -0.766. The van der Waals surface area contributed by atoms with E-state index in [-0.39, 0.29) is 18.0 Å². The maximum atomic E-state index is 13.1. The van der Waals surface area contributed by atoms with Gasteiger partial charge in [0.05, 0.1) is 24.5 Å². The Morgan fingerprint density at radius 1 is 1.35 bits per heavy atom. The van der Waals surface area contributed by atoms with Crippen molar-refractivity contribution in [2.45, 2.75) is 31.0 Å². The number of nitrogens with zero attached hydrogens (tertiary/aromatic N) is 5. The van der Waals surface area contributed by atoms with Crippen molar-refractivity contribution < 1.29 is 14.6 Å². The number of amides is 1. The fourth-order valence-corrected chi connectivity index (χ4v) is 4.12. The Labute approximate surface area is 180 Å². The summed E-state index contributed by atoms with van der Waals surface area (Å²) in [6.07, 6.45) is 3.59. The summed E-state index contributed by atoms with van der Waals surface area (Å²) >= 11 is 0. The number of fused-ring (bicyclic) bond motifs is 1. The van der Waals surface area contributed by atoms with E-state index in [1.807, 2.05) is 17.7 Å². The van der Waals surface area contributed by atoms with Crippen molar-refractivity contribution in [3.8, 4) is 5.75 Å². The van der Waals surface area contributed by atoms with Gasteiger partial charge < -0.3 is 30.4 Å². The summed E-state index contributed by atoms with van der Waals surface area (Å²) in [4.78, 5) is 27.2. The van der Waals surface area contributed by atoms with Gasteiger partial charge in [-0.1, -0.05) is 6.07 Å². The average molecular weight is 425 g/mol. The predicted molar refractivity (Wildman–Crippen MR) is 116 cm³/mol. The van der Waals surface area contributed by atoms with Gasteiger partial charge in [-0.05, 0) is 38.1 Å². The van der Waals surface area contributed by atoms with Gasteiger partial charge in [-0.15, -0.1) is 0 Å². The SMILES string of the molecule is CNCCOc1cccc(C(=O)N(C)[C@@H]2CC[C@H](n3cnc4c(N)ncnc43)[C@H]2O)c1. The molecular weight excluding hydrogens is 398 g/mol. The second-order valence-corrected chi connectivity index (χ2v) is 7.68. The molecule has 10 nitrogen and oxygen atoms in total. The smallest absolute Gasteiger partial charge is 0.254 e. The van der Waals surface area contributed by atoms with Crippen LogP contribution in [0.2, 0.25) is 0 Å². The minimum absolute atomic E-state index is 0.161. The number of hydrogen-bond donors (Lipinski definition) is 3.